The molecule has 5 N–H and O–H groups in total. The van der Waals surface area contributed by atoms with Gasteiger partial charge in [0, 0.05) is 18.1 Å². The molecular formula is C31H40N6O5. The number of hydrogen-bond acceptors (Lipinski definition) is 6. The van der Waals surface area contributed by atoms with Crippen LogP contribution in [0.4, 0.5) is 16.3 Å². The summed E-state index contributed by atoms with van der Waals surface area (Å²) in [6.45, 7) is 4.12. The first-order valence-electron chi connectivity index (χ1n) is 14.5. The average molecular weight is 577 g/mol. The Balaban J connectivity index is 1.38. The van der Waals surface area contributed by atoms with Crippen LogP contribution in [0.2, 0.25) is 0 Å². The number of carboxylic acids is 1. The molecule has 11 nitrogen and oxygen atoms in total. The molecule has 1 fully saturated rings. The molecule has 1 aromatic carbocycles. The molecule has 3 amide bonds. The summed E-state index contributed by atoms with van der Waals surface area (Å²) < 4.78 is 5.52. The van der Waals surface area contributed by atoms with Crippen LogP contribution in [0.15, 0.2) is 42.7 Å². The molecule has 224 valence electrons. The lowest BCUT2D eigenvalue weighted by molar-refractivity contribution is -0.137. The third-order valence-electron chi connectivity index (χ3n) is 7.37. The third kappa shape index (κ3) is 8.55. The van der Waals surface area contributed by atoms with E-state index in [4.69, 9.17) is 9.84 Å². The Bertz CT molecular complexity index is 1380. The summed E-state index contributed by atoms with van der Waals surface area (Å²) in [4.78, 5) is 48.8. The van der Waals surface area contributed by atoms with E-state index in [0.717, 1.165) is 18.4 Å². The number of nitrogens with one attached hydrogen (secondary N) is 4. The summed E-state index contributed by atoms with van der Waals surface area (Å²) in [7, 11) is 1.51. The van der Waals surface area contributed by atoms with Crippen molar-refractivity contribution in [2.24, 2.45) is 5.92 Å². The zero-order chi connectivity index (χ0) is 30.1. The van der Waals surface area contributed by atoms with Gasteiger partial charge in [0.15, 0.2) is 0 Å². The summed E-state index contributed by atoms with van der Waals surface area (Å²) in [6.07, 6.45) is 8.96. The summed E-state index contributed by atoms with van der Waals surface area (Å²) in [6, 6.07) is 8.37. The van der Waals surface area contributed by atoms with Crippen LogP contribution < -0.4 is 20.7 Å². The van der Waals surface area contributed by atoms with Gasteiger partial charge in [-0.25, -0.2) is 14.8 Å². The third-order valence-corrected chi connectivity index (χ3v) is 7.37. The number of carboxylic acid groups (broad SMARTS) is 1. The predicted octanol–water partition coefficient (Wildman–Crippen LogP) is 5.58. The van der Waals surface area contributed by atoms with E-state index in [1.807, 2.05) is 12.1 Å². The van der Waals surface area contributed by atoms with Gasteiger partial charge >= 0.3 is 12.0 Å². The molecule has 0 spiro atoms. The molecule has 0 radical (unpaired) electrons. The lowest BCUT2D eigenvalue weighted by atomic mass is 9.98. The number of urea groups is 1. The van der Waals surface area contributed by atoms with Crippen LogP contribution in [0.3, 0.4) is 0 Å². The zero-order valence-electron chi connectivity index (χ0n) is 24.4. The number of methoxy groups -OCH3 is 1. The number of amides is 3. The minimum atomic E-state index is -0.878. The second kappa shape index (κ2) is 14.5. The number of nitrogens with zero attached hydrogens (tertiary/aromatic N) is 2. The molecule has 42 heavy (non-hydrogen) atoms. The largest absolute Gasteiger partial charge is 0.495 e. The molecule has 3 aromatic rings. The van der Waals surface area contributed by atoms with E-state index in [1.54, 1.807) is 30.6 Å². The number of aryl methyl sites for hydroxylation is 1. The van der Waals surface area contributed by atoms with Crippen molar-refractivity contribution in [3.8, 4) is 5.75 Å². The van der Waals surface area contributed by atoms with Crippen LogP contribution in [0, 0.1) is 5.92 Å². The summed E-state index contributed by atoms with van der Waals surface area (Å²) in [5.41, 5.74) is 2.96. The van der Waals surface area contributed by atoms with Crippen LogP contribution in [0.25, 0.3) is 0 Å². The normalized spacial score (nSPS) is 14.0. The summed E-state index contributed by atoms with van der Waals surface area (Å²) in [5, 5.41) is 17.7. The standard InChI is InChI=1S/C31H40N6O5/c1-19(2)15-25(30-33-18-22(34-30)11-13-28(39)40)35-27(38)17-20-10-12-24(26(16-20)42-3)36-31(41)37-29-23(9-6-14-32-29)21-7-4-5-8-21/h6,9-10,12,14,16,18-19,21,25H,4-5,7-8,11,13,15,17H2,1-3H3,(H,33,34)(H,35,38)(H,39,40)(H2,32,36,37,41). The van der Waals surface area contributed by atoms with E-state index in [1.165, 1.54) is 20.0 Å². The number of ether oxygens (including phenoxy) is 1. The van der Waals surface area contributed by atoms with Crippen molar-refractivity contribution >= 4 is 29.4 Å². The zero-order valence-corrected chi connectivity index (χ0v) is 24.4. The number of anilines is 2. The lowest BCUT2D eigenvalue weighted by Crippen LogP contribution is -2.31. The second-order valence-electron chi connectivity index (χ2n) is 11.2. The van der Waals surface area contributed by atoms with Crippen molar-refractivity contribution in [2.75, 3.05) is 17.7 Å². The fraction of sp³-hybridized carbons (Fsp3) is 0.452. The number of aromatic amines is 1. The van der Waals surface area contributed by atoms with Crippen molar-refractivity contribution in [2.45, 2.75) is 77.2 Å². The Morgan fingerprint density at radius 1 is 1.12 bits per heavy atom. The Morgan fingerprint density at radius 3 is 2.62 bits per heavy atom. The van der Waals surface area contributed by atoms with Gasteiger partial charge < -0.3 is 25.5 Å². The van der Waals surface area contributed by atoms with Crippen molar-refractivity contribution in [1.29, 1.82) is 0 Å². The number of hydrogen-bond donors (Lipinski definition) is 5. The Kier molecular flexibility index (Phi) is 10.5. The van der Waals surface area contributed by atoms with Crippen LogP contribution >= 0.6 is 0 Å². The number of rotatable bonds is 13. The van der Waals surface area contributed by atoms with Gasteiger partial charge in [-0.3, -0.25) is 14.9 Å². The van der Waals surface area contributed by atoms with E-state index < -0.39 is 12.0 Å². The lowest BCUT2D eigenvalue weighted by Gasteiger charge is -2.19. The maximum absolute atomic E-state index is 13.0. The number of carbonyl (C=O) groups excluding carboxylic acids is 2. The molecule has 2 aromatic heterocycles. The molecule has 4 rings (SSSR count). The minimum absolute atomic E-state index is 0.00182. The number of imidazole rings is 1. The Labute approximate surface area is 245 Å². The van der Waals surface area contributed by atoms with Gasteiger partial charge in [-0.05, 0) is 66.8 Å². The van der Waals surface area contributed by atoms with Crippen molar-refractivity contribution in [3.63, 3.8) is 0 Å². The first-order chi connectivity index (χ1) is 20.2. The molecule has 2 heterocycles. The molecule has 1 aliphatic carbocycles. The van der Waals surface area contributed by atoms with Crippen LogP contribution in [0.5, 0.6) is 5.75 Å². The first kappa shape index (κ1) is 30.5. The average Bonchev–Trinajstić information content (AvgIpc) is 3.65. The first-order valence-corrected chi connectivity index (χ1v) is 14.5. The molecule has 1 saturated carbocycles. The molecule has 0 bridgehead atoms. The number of pyridine rings is 1. The van der Waals surface area contributed by atoms with Gasteiger partial charge in [0.2, 0.25) is 5.91 Å². The van der Waals surface area contributed by atoms with Crippen LogP contribution in [-0.2, 0) is 22.4 Å². The highest BCUT2D eigenvalue weighted by molar-refractivity contribution is 6.00. The number of aromatic nitrogens is 3. The fourth-order valence-corrected chi connectivity index (χ4v) is 5.36. The highest BCUT2D eigenvalue weighted by Crippen LogP contribution is 2.37. The smallest absolute Gasteiger partial charge is 0.324 e. The van der Waals surface area contributed by atoms with Gasteiger partial charge in [0.25, 0.3) is 0 Å². The summed E-state index contributed by atoms with van der Waals surface area (Å²) in [5.74, 6) is 1.22. The monoisotopic (exact) mass is 576 g/mol. The number of benzene rings is 1. The summed E-state index contributed by atoms with van der Waals surface area (Å²) >= 11 is 0. The topological polar surface area (TPSA) is 158 Å². The van der Waals surface area contributed by atoms with Crippen LogP contribution in [0.1, 0.15) is 87.0 Å². The molecule has 0 saturated heterocycles. The van der Waals surface area contributed by atoms with Gasteiger partial charge in [-0.2, -0.15) is 0 Å². The Morgan fingerprint density at radius 2 is 1.90 bits per heavy atom. The second-order valence-corrected chi connectivity index (χ2v) is 11.2. The molecule has 1 atom stereocenters. The van der Waals surface area contributed by atoms with Gasteiger partial charge in [-0.15, -0.1) is 0 Å². The van der Waals surface area contributed by atoms with Crippen LogP contribution in [-0.4, -0.2) is 45.1 Å². The highest BCUT2D eigenvalue weighted by Gasteiger charge is 2.22. The minimum Gasteiger partial charge on any atom is -0.495 e. The van der Waals surface area contributed by atoms with Crippen molar-refractivity contribution in [1.82, 2.24) is 20.3 Å². The van der Waals surface area contributed by atoms with E-state index in [9.17, 15) is 14.4 Å². The fourth-order valence-electron chi connectivity index (χ4n) is 5.36. The van der Waals surface area contributed by atoms with Gasteiger partial charge in [-0.1, -0.05) is 38.8 Å². The highest BCUT2D eigenvalue weighted by atomic mass is 16.5. The number of aliphatic carboxylic acids is 1. The van der Waals surface area contributed by atoms with Gasteiger partial charge in [0.1, 0.15) is 17.4 Å². The van der Waals surface area contributed by atoms with Gasteiger partial charge in [0.05, 0.1) is 31.7 Å². The Hall–Kier alpha value is -4.41. The van der Waals surface area contributed by atoms with Crippen molar-refractivity contribution in [3.05, 3.63) is 65.4 Å². The van der Waals surface area contributed by atoms with E-state index >= 15 is 0 Å². The number of H-pyrrole nitrogens is 1. The predicted molar refractivity (Wildman–Crippen MR) is 160 cm³/mol. The molecule has 11 heteroatoms. The maximum atomic E-state index is 13.0. The molecular weight excluding hydrogens is 536 g/mol. The van der Waals surface area contributed by atoms with E-state index in [2.05, 4.69) is 44.7 Å². The quantitative estimate of drug-likeness (QED) is 0.178. The van der Waals surface area contributed by atoms with E-state index in [-0.39, 0.29) is 24.8 Å². The van der Waals surface area contributed by atoms with Crippen molar-refractivity contribution < 1.29 is 24.2 Å². The molecule has 1 unspecified atom stereocenters. The van der Waals surface area contributed by atoms with E-state index in [0.29, 0.717) is 59.0 Å². The SMILES string of the molecule is COc1cc(CC(=O)NC(CC(C)C)c2ncc(CCC(=O)O)[nH]2)ccc1NC(=O)Nc1ncccc1C1CCCC1. The molecule has 1 aliphatic rings. The maximum Gasteiger partial charge on any atom is 0.324 e. The molecule has 0 aliphatic heterocycles. The number of carbonyl (C=O) groups is 3.